The van der Waals surface area contributed by atoms with Crippen LogP contribution in [-0.4, -0.2) is 81.2 Å². The average molecular weight is 526 g/mol. The van der Waals surface area contributed by atoms with Gasteiger partial charge in [0.15, 0.2) is 11.5 Å². The number of aromatic amines is 1. The number of carbonyl (C=O) groups is 1. The minimum Gasteiger partial charge on any atom is -0.469 e. The van der Waals surface area contributed by atoms with Crippen molar-refractivity contribution in [1.29, 1.82) is 0 Å². The van der Waals surface area contributed by atoms with Gasteiger partial charge in [0, 0.05) is 38.8 Å². The van der Waals surface area contributed by atoms with Gasteiger partial charge >= 0.3 is 17.7 Å². The minimum absolute atomic E-state index is 0.197. The molecule has 0 amide bonds. The van der Waals surface area contributed by atoms with Crippen LogP contribution in [0.25, 0.3) is 11.2 Å². The summed E-state index contributed by atoms with van der Waals surface area (Å²) >= 11 is 0. The van der Waals surface area contributed by atoms with E-state index in [0.717, 1.165) is 57.5 Å². The molecule has 1 aromatic carbocycles. The first kappa shape index (κ1) is 27.6. The van der Waals surface area contributed by atoms with E-state index >= 15 is 0 Å². The van der Waals surface area contributed by atoms with Crippen LogP contribution in [-0.2, 0) is 29.0 Å². The Hall–Kier alpha value is -3.44. The van der Waals surface area contributed by atoms with E-state index in [1.807, 2.05) is 12.1 Å². The second-order valence-electron chi connectivity index (χ2n) is 9.77. The number of nitrogens with one attached hydrogen (secondary N) is 1. The molecule has 0 aliphatic carbocycles. The summed E-state index contributed by atoms with van der Waals surface area (Å²) in [5.41, 5.74) is 8.88. The van der Waals surface area contributed by atoms with Gasteiger partial charge < -0.3 is 25.1 Å². The third-order valence-electron chi connectivity index (χ3n) is 7.07. The van der Waals surface area contributed by atoms with Crippen molar-refractivity contribution in [2.75, 3.05) is 45.6 Å². The number of esters is 1. The molecule has 11 nitrogen and oxygen atoms in total. The lowest BCUT2D eigenvalue weighted by Gasteiger charge is -2.45. The summed E-state index contributed by atoms with van der Waals surface area (Å²) in [4.78, 5) is 40.7. The molecule has 0 atom stereocenters. The van der Waals surface area contributed by atoms with Crippen molar-refractivity contribution in [2.24, 2.45) is 0 Å². The fourth-order valence-corrected chi connectivity index (χ4v) is 4.70. The number of rotatable bonds is 14. The summed E-state index contributed by atoms with van der Waals surface area (Å²) in [7, 11) is 1.40. The number of hydrogen-bond donors (Lipinski definition) is 2. The van der Waals surface area contributed by atoms with Crippen molar-refractivity contribution in [3.63, 3.8) is 0 Å². The molecule has 3 N–H and O–H groups in total. The number of imidazole rings is 1. The van der Waals surface area contributed by atoms with Gasteiger partial charge in [-0.3, -0.25) is 14.3 Å². The van der Waals surface area contributed by atoms with E-state index in [1.165, 1.54) is 12.7 Å². The summed E-state index contributed by atoms with van der Waals surface area (Å²) in [6.45, 7) is 10.0. The molecule has 0 saturated carbocycles. The Morgan fingerprint density at radius 1 is 1.16 bits per heavy atom. The van der Waals surface area contributed by atoms with E-state index in [1.54, 1.807) is 4.57 Å². The van der Waals surface area contributed by atoms with Crippen molar-refractivity contribution >= 4 is 23.0 Å². The fourth-order valence-electron chi connectivity index (χ4n) is 4.70. The van der Waals surface area contributed by atoms with Crippen molar-refractivity contribution in [2.45, 2.75) is 58.7 Å². The minimum atomic E-state index is -0.250. The highest BCUT2D eigenvalue weighted by Crippen LogP contribution is 2.21. The number of unbranched alkanes of at least 4 members (excludes halogenated alkanes) is 1. The molecule has 0 bridgehead atoms. The van der Waals surface area contributed by atoms with Gasteiger partial charge in [-0.2, -0.15) is 9.97 Å². The highest BCUT2D eigenvalue weighted by molar-refractivity contribution is 5.81. The lowest BCUT2D eigenvalue weighted by molar-refractivity contribution is -0.139. The molecule has 3 aromatic rings. The van der Waals surface area contributed by atoms with Crippen molar-refractivity contribution < 1.29 is 14.3 Å². The summed E-state index contributed by atoms with van der Waals surface area (Å²) in [5, 5.41) is 0. The number of nitrogens with two attached hydrogens (primary N) is 1. The maximum Gasteiger partial charge on any atom is 0.327 e. The number of fused-ring (bicyclic) bond motifs is 1. The number of likely N-dealkylation sites (tertiary alicyclic amines) is 1. The van der Waals surface area contributed by atoms with Crippen LogP contribution in [0, 0.1) is 0 Å². The first-order valence-electron chi connectivity index (χ1n) is 13.4. The number of ether oxygens (including phenoxy) is 2. The standard InChI is InChI=1S/C27H39N7O4/c1-4-6-14-38-26-30-24(28)23-25(31-26)34(27(36)29-23)13-7-12-33(21-17-32(5-2)18-21)16-20-10-8-19(9-11-20)15-22(35)37-3/h8-11,21H,4-7,12-18H2,1-3H3,(H,29,36)(H2,28,30,31). The highest BCUT2D eigenvalue weighted by Gasteiger charge is 2.30. The van der Waals surface area contributed by atoms with Gasteiger partial charge in [0.2, 0.25) is 0 Å². The van der Waals surface area contributed by atoms with Gasteiger partial charge in [-0.1, -0.05) is 44.5 Å². The Morgan fingerprint density at radius 2 is 1.89 bits per heavy atom. The van der Waals surface area contributed by atoms with Crippen LogP contribution in [0.5, 0.6) is 6.01 Å². The smallest absolute Gasteiger partial charge is 0.327 e. The first-order valence-corrected chi connectivity index (χ1v) is 13.4. The average Bonchev–Trinajstić information content (AvgIpc) is 3.20. The van der Waals surface area contributed by atoms with Crippen LogP contribution in [0.15, 0.2) is 29.1 Å². The maximum atomic E-state index is 12.7. The zero-order valence-corrected chi connectivity index (χ0v) is 22.6. The number of hydrogen-bond acceptors (Lipinski definition) is 9. The van der Waals surface area contributed by atoms with Gasteiger partial charge in [0.1, 0.15) is 5.52 Å². The molecule has 2 aromatic heterocycles. The lowest BCUT2D eigenvalue weighted by Crippen LogP contribution is -2.59. The highest BCUT2D eigenvalue weighted by atomic mass is 16.5. The van der Waals surface area contributed by atoms with Crippen LogP contribution in [0.2, 0.25) is 0 Å². The monoisotopic (exact) mass is 525 g/mol. The topological polar surface area (TPSA) is 132 Å². The SMILES string of the molecule is CCCCOc1nc(N)c2[nH]c(=O)n(CCCN(Cc3ccc(CC(=O)OC)cc3)C3CN(CC)C3)c2n1. The van der Waals surface area contributed by atoms with Gasteiger partial charge in [-0.05, 0) is 30.5 Å². The number of anilines is 1. The van der Waals surface area contributed by atoms with Gasteiger partial charge in [-0.25, -0.2) is 4.79 Å². The number of aromatic nitrogens is 4. The number of nitrogen functional groups attached to an aromatic ring is 1. The molecular weight excluding hydrogens is 486 g/mol. The van der Waals surface area contributed by atoms with Gasteiger partial charge in [-0.15, -0.1) is 0 Å². The van der Waals surface area contributed by atoms with Crippen molar-refractivity contribution in [3.05, 3.63) is 45.9 Å². The first-order chi connectivity index (χ1) is 18.4. The predicted molar refractivity (Wildman–Crippen MR) is 146 cm³/mol. The zero-order chi connectivity index (χ0) is 27.1. The molecule has 0 spiro atoms. The van der Waals surface area contributed by atoms with Gasteiger partial charge in [0.05, 0.1) is 20.1 Å². The van der Waals surface area contributed by atoms with Crippen LogP contribution >= 0.6 is 0 Å². The summed E-state index contributed by atoms with van der Waals surface area (Å²) in [6, 6.07) is 8.78. The van der Waals surface area contributed by atoms with E-state index in [4.69, 9.17) is 15.2 Å². The number of aryl methyl sites for hydroxylation is 1. The van der Waals surface area contributed by atoms with E-state index in [-0.39, 0.29) is 29.9 Å². The number of carbonyl (C=O) groups excluding carboxylic acids is 1. The summed E-state index contributed by atoms with van der Waals surface area (Å²) in [5.74, 6) is -0.0311. The third kappa shape index (κ3) is 6.70. The summed E-state index contributed by atoms with van der Waals surface area (Å²) < 4.78 is 12.0. The number of nitrogens with zero attached hydrogens (tertiary/aromatic N) is 5. The summed E-state index contributed by atoms with van der Waals surface area (Å²) in [6.07, 6.45) is 2.93. The lowest BCUT2D eigenvalue weighted by atomic mass is 10.0. The Labute approximate surface area is 222 Å². The van der Waals surface area contributed by atoms with Gasteiger partial charge in [0.25, 0.3) is 0 Å². The third-order valence-corrected chi connectivity index (χ3v) is 7.07. The second kappa shape index (κ2) is 12.9. The van der Waals surface area contributed by atoms with E-state index in [9.17, 15) is 9.59 Å². The largest absolute Gasteiger partial charge is 0.469 e. The zero-order valence-electron chi connectivity index (χ0n) is 22.6. The molecule has 1 saturated heterocycles. The normalized spacial score (nSPS) is 14.2. The number of benzene rings is 1. The molecule has 1 fully saturated rings. The Balaban J connectivity index is 1.43. The van der Waals surface area contributed by atoms with Crippen LogP contribution < -0.4 is 16.2 Å². The van der Waals surface area contributed by atoms with E-state index in [2.05, 4.69) is 50.7 Å². The molecule has 206 valence electrons. The molecular formula is C27H39N7O4. The Kier molecular flexibility index (Phi) is 9.35. The van der Waals surface area contributed by atoms with Crippen molar-refractivity contribution in [1.82, 2.24) is 29.3 Å². The molecule has 3 heterocycles. The van der Waals surface area contributed by atoms with Crippen molar-refractivity contribution in [3.8, 4) is 6.01 Å². The molecule has 0 radical (unpaired) electrons. The Morgan fingerprint density at radius 3 is 2.58 bits per heavy atom. The maximum absolute atomic E-state index is 12.7. The quantitative estimate of drug-likeness (QED) is 0.240. The molecule has 0 unspecified atom stereocenters. The number of likely N-dealkylation sites (N-methyl/N-ethyl adjacent to an activating group) is 1. The number of methoxy groups -OCH3 is 1. The van der Waals surface area contributed by atoms with Crippen LogP contribution in [0.1, 0.15) is 44.2 Å². The molecule has 1 aliphatic heterocycles. The molecule has 4 rings (SSSR count). The van der Waals surface area contributed by atoms with Crippen LogP contribution in [0.3, 0.4) is 0 Å². The fraction of sp³-hybridized carbons (Fsp3) is 0.556. The molecule has 38 heavy (non-hydrogen) atoms. The number of H-pyrrole nitrogens is 1. The van der Waals surface area contributed by atoms with E-state index in [0.29, 0.717) is 30.4 Å². The Bertz CT molecular complexity index is 1260. The van der Waals surface area contributed by atoms with E-state index < -0.39 is 0 Å². The molecule has 11 heteroatoms. The van der Waals surface area contributed by atoms with Crippen LogP contribution in [0.4, 0.5) is 5.82 Å². The molecule has 1 aliphatic rings. The predicted octanol–water partition coefficient (Wildman–Crippen LogP) is 2.19. The second-order valence-corrected chi connectivity index (χ2v) is 9.77.